The van der Waals surface area contributed by atoms with Crippen LogP contribution in [0, 0.1) is 17.3 Å². The van der Waals surface area contributed by atoms with Crippen LogP contribution in [0.1, 0.15) is 66.2 Å². The van der Waals surface area contributed by atoms with Gasteiger partial charge in [-0.3, -0.25) is 9.59 Å². The maximum absolute atomic E-state index is 11.6. The molecule has 0 saturated heterocycles. The second-order valence-electron chi connectivity index (χ2n) is 8.12. The van der Waals surface area contributed by atoms with Crippen LogP contribution in [0.5, 0.6) is 0 Å². The lowest BCUT2D eigenvalue weighted by atomic mass is 9.44. The van der Waals surface area contributed by atoms with Gasteiger partial charge in [-0.2, -0.15) is 0 Å². The molecule has 0 spiro atoms. The van der Waals surface area contributed by atoms with Crippen LogP contribution in [0.15, 0.2) is 0 Å². The van der Waals surface area contributed by atoms with E-state index in [0.717, 1.165) is 32.1 Å². The van der Waals surface area contributed by atoms with Gasteiger partial charge in [0, 0.05) is 19.3 Å². The third-order valence-corrected chi connectivity index (χ3v) is 6.04. The van der Waals surface area contributed by atoms with Crippen molar-refractivity contribution in [3.63, 3.8) is 0 Å². The van der Waals surface area contributed by atoms with E-state index in [-0.39, 0.29) is 23.0 Å². The molecule has 2 atom stereocenters. The van der Waals surface area contributed by atoms with Gasteiger partial charge in [0.2, 0.25) is 0 Å². The molecule has 0 unspecified atom stereocenters. The fourth-order valence-electron chi connectivity index (χ4n) is 5.77. The topological polar surface area (TPSA) is 52.6 Å². The van der Waals surface area contributed by atoms with Gasteiger partial charge in [0.15, 0.2) is 0 Å². The number of carbonyl (C=O) groups is 2. The zero-order valence-electron chi connectivity index (χ0n) is 13.5. The van der Waals surface area contributed by atoms with Gasteiger partial charge in [-0.15, -0.1) is 0 Å². The summed E-state index contributed by atoms with van der Waals surface area (Å²) < 4.78 is 11.5. The van der Waals surface area contributed by atoms with E-state index in [2.05, 4.69) is 0 Å². The van der Waals surface area contributed by atoms with Crippen molar-refractivity contribution >= 4 is 11.9 Å². The van der Waals surface area contributed by atoms with Crippen molar-refractivity contribution in [1.82, 2.24) is 0 Å². The molecule has 0 aromatic heterocycles. The molecule has 4 aliphatic rings. The minimum absolute atomic E-state index is 0.0434. The fourth-order valence-corrected chi connectivity index (χ4v) is 5.77. The largest absolute Gasteiger partial charge is 0.459 e. The van der Waals surface area contributed by atoms with E-state index in [1.54, 1.807) is 0 Å². The molecule has 0 amide bonds. The zero-order chi connectivity index (χ0) is 15.5. The van der Waals surface area contributed by atoms with Crippen molar-refractivity contribution in [2.75, 3.05) is 0 Å². The van der Waals surface area contributed by atoms with E-state index < -0.39 is 5.60 Å². The Morgan fingerprint density at radius 2 is 1.57 bits per heavy atom. The van der Waals surface area contributed by atoms with Crippen LogP contribution in [0.2, 0.25) is 0 Å². The molecule has 4 bridgehead atoms. The summed E-state index contributed by atoms with van der Waals surface area (Å²) in [7, 11) is 0. The van der Waals surface area contributed by atoms with E-state index >= 15 is 0 Å². The summed E-state index contributed by atoms with van der Waals surface area (Å²) in [6, 6.07) is 0. The zero-order valence-corrected chi connectivity index (χ0v) is 13.5. The van der Waals surface area contributed by atoms with Gasteiger partial charge >= 0.3 is 11.9 Å². The van der Waals surface area contributed by atoms with Crippen molar-refractivity contribution in [3.8, 4) is 0 Å². The normalized spacial score (nSPS) is 41.0. The first-order chi connectivity index (χ1) is 9.65. The Morgan fingerprint density at radius 3 is 2.05 bits per heavy atom. The highest BCUT2D eigenvalue weighted by Crippen LogP contribution is 2.66. The van der Waals surface area contributed by atoms with Gasteiger partial charge in [-0.25, -0.2) is 0 Å². The molecule has 4 aliphatic carbocycles. The Labute approximate surface area is 126 Å². The summed E-state index contributed by atoms with van der Waals surface area (Å²) in [5.74, 6) is 0.788. The second-order valence-corrected chi connectivity index (χ2v) is 8.12. The molecule has 118 valence electrons. The van der Waals surface area contributed by atoms with E-state index in [9.17, 15) is 9.59 Å². The summed E-state index contributed by atoms with van der Waals surface area (Å²) in [6.45, 7) is 7.04. The van der Waals surface area contributed by atoms with Crippen LogP contribution < -0.4 is 0 Å². The molecule has 0 radical (unpaired) electrons. The minimum atomic E-state index is -0.498. The molecule has 4 nitrogen and oxygen atoms in total. The Balaban J connectivity index is 1.93. The van der Waals surface area contributed by atoms with Crippen molar-refractivity contribution in [1.29, 1.82) is 0 Å². The second kappa shape index (κ2) is 4.47. The van der Waals surface area contributed by atoms with Crippen molar-refractivity contribution in [3.05, 3.63) is 0 Å². The fraction of sp³-hybridized carbons (Fsp3) is 0.882. The highest BCUT2D eigenvalue weighted by molar-refractivity contribution is 5.67. The minimum Gasteiger partial charge on any atom is -0.459 e. The quantitative estimate of drug-likeness (QED) is 0.750. The Bertz CT molecular complexity index is 465. The highest BCUT2D eigenvalue weighted by Gasteiger charge is 2.64. The van der Waals surface area contributed by atoms with Gasteiger partial charge < -0.3 is 9.47 Å². The van der Waals surface area contributed by atoms with Crippen molar-refractivity contribution < 1.29 is 19.1 Å². The molecule has 4 rings (SSSR count). The van der Waals surface area contributed by atoms with Crippen LogP contribution in [0.3, 0.4) is 0 Å². The molecule has 4 fully saturated rings. The van der Waals surface area contributed by atoms with E-state index in [4.69, 9.17) is 9.47 Å². The predicted molar refractivity (Wildman–Crippen MR) is 77.5 cm³/mol. The third-order valence-electron chi connectivity index (χ3n) is 6.04. The lowest BCUT2D eigenvalue weighted by molar-refractivity contribution is -0.240. The Hall–Kier alpha value is -1.06. The summed E-state index contributed by atoms with van der Waals surface area (Å²) in [5, 5.41) is 0. The molecule has 4 heteroatoms. The number of rotatable bonds is 3. The lowest BCUT2D eigenvalue weighted by Gasteiger charge is -2.64. The first-order valence-corrected chi connectivity index (χ1v) is 8.05. The van der Waals surface area contributed by atoms with E-state index in [0.29, 0.717) is 11.8 Å². The van der Waals surface area contributed by atoms with Crippen molar-refractivity contribution in [2.45, 2.75) is 77.4 Å². The summed E-state index contributed by atoms with van der Waals surface area (Å²) in [6.07, 6.45) is 6.23. The first kappa shape index (κ1) is 14.9. The van der Waals surface area contributed by atoms with Gasteiger partial charge in [0.1, 0.15) is 11.2 Å². The predicted octanol–water partition coefficient (Wildman–Crippen LogP) is 3.23. The van der Waals surface area contributed by atoms with Crippen LogP contribution in [0.25, 0.3) is 0 Å². The Morgan fingerprint density at radius 1 is 1.00 bits per heavy atom. The molecule has 0 aromatic rings. The van der Waals surface area contributed by atoms with Crippen molar-refractivity contribution in [2.24, 2.45) is 17.3 Å². The Kier molecular flexibility index (Phi) is 3.16. The third kappa shape index (κ3) is 2.36. The van der Waals surface area contributed by atoms with Crippen LogP contribution in [-0.2, 0) is 19.1 Å². The average molecular weight is 294 g/mol. The van der Waals surface area contributed by atoms with E-state index in [1.807, 2.05) is 13.8 Å². The van der Waals surface area contributed by atoms with Gasteiger partial charge in [-0.05, 0) is 64.2 Å². The molecule has 0 aliphatic heterocycles. The highest BCUT2D eigenvalue weighted by atomic mass is 16.6. The van der Waals surface area contributed by atoms with Crippen LogP contribution in [-0.4, -0.2) is 23.1 Å². The molecule has 0 aromatic carbocycles. The number of hydrogen-bond donors (Lipinski definition) is 0. The molecule has 4 saturated carbocycles. The number of ether oxygens (including phenoxy) is 2. The SMILES string of the molecule is CC(=O)OC12C[C@H]3C[C@H](C1)CC(C(C)(C)OC(C)=O)(C3)C2. The maximum Gasteiger partial charge on any atom is 0.303 e. The van der Waals surface area contributed by atoms with Crippen LogP contribution in [0.4, 0.5) is 0 Å². The number of esters is 2. The molecule has 21 heavy (non-hydrogen) atoms. The first-order valence-electron chi connectivity index (χ1n) is 8.05. The molecule has 0 heterocycles. The molecule has 0 N–H and O–H groups in total. The maximum atomic E-state index is 11.6. The van der Waals surface area contributed by atoms with Gasteiger partial charge in [0.05, 0.1) is 0 Å². The van der Waals surface area contributed by atoms with E-state index in [1.165, 1.54) is 20.3 Å². The molecular weight excluding hydrogens is 268 g/mol. The monoisotopic (exact) mass is 294 g/mol. The average Bonchev–Trinajstić information content (AvgIpc) is 2.22. The summed E-state index contributed by atoms with van der Waals surface area (Å²) in [4.78, 5) is 23.1. The lowest BCUT2D eigenvalue weighted by Crippen LogP contribution is -2.63. The smallest absolute Gasteiger partial charge is 0.303 e. The van der Waals surface area contributed by atoms with Gasteiger partial charge in [0.25, 0.3) is 0 Å². The molecular formula is C17H26O4. The standard InChI is InChI=1S/C17H26O4/c1-11(18)20-15(3,4)16-6-13-5-14(7-16)9-17(8-13,10-16)21-12(2)19/h13-14H,5-10H2,1-4H3/t13-,14-,16?,17?/m0/s1. The number of hydrogen-bond acceptors (Lipinski definition) is 4. The van der Waals surface area contributed by atoms with Crippen LogP contribution >= 0.6 is 0 Å². The summed E-state index contributed by atoms with van der Waals surface area (Å²) >= 11 is 0. The number of carbonyl (C=O) groups excluding carboxylic acids is 2. The summed E-state index contributed by atoms with van der Waals surface area (Å²) in [5.41, 5.74) is -0.854. The van der Waals surface area contributed by atoms with Gasteiger partial charge in [-0.1, -0.05) is 0 Å².